The Morgan fingerprint density at radius 1 is 0.338 bits per heavy atom. The van der Waals surface area contributed by atoms with Gasteiger partial charge in [0.25, 0.3) is 0 Å². The van der Waals surface area contributed by atoms with E-state index in [1.807, 2.05) is 0 Å². The Balaban J connectivity index is 0.00000406. The molecule has 0 saturated carbocycles. The molecule has 3 aliphatic heterocycles. The molecular formula is C60H36N4Pt. The first-order valence-electron chi connectivity index (χ1n) is 22.1. The van der Waals surface area contributed by atoms with Crippen molar-refractivity contribution < 1.29 is 21.1 Å². The predicted octanol–water partition coefficient (Wildman–Crippen LogP) is 14.0. The fourth-order valence-electron chi connectivity index (χ4n) is 12.0. The Kier molecular flexibility index (Phi) is 7.59. The molecule has 4 nitrogen and oxygen atoms in total. The van der Waals surface area contributed by atoms with Crippen LogP contribution in [0.1, 0.15) is 33.4 Å². The summed E-state index contributed by atoms with van der Waals surface area (Å²) in [4.78, 5) is 9.89. The van der Waals surface area contributed by atoms with E-state index in [2.05, 4.69) is 251 Å². The van der Waals surface area contributed by atoms with Gasteiger partial charge < -0.3 is 19.6 Å². The van der Waals surface area contributed by atoms with E-state index in [-0.39, 0.29) is 21.1 Å². The number of nitrogens with zero attached hydrogens (tertiary/aromatic N) is 4. The van der Waals surface area contributed by atoms with Gasteiger partial charge in [-0.15, -0.1) is 35.8 Å². The van der Waals surface area contributed by atoms with Gasteiger partial charge in [-0.3, -0.25) is 0 Å². The van der Waals surface area contributed by atoms with Crippen molar-refractivity contribution in [1.29, 1.82) is 0 Å². The number of hydrogen-bond donors (Lipinski definition) is 0. The fourth-order valence-corrected chi connectivity index (χ4v) is 12.0. The van der Waals surface area contributed by atoms with Crippen LogP contribution >= 0.6 is 0 Å². The van der Waals surface area contributed by atoms with Crippen LogP contribution in [0.4, 0.5) is 34.1 Å². The van der Waals surface area contributed by atoms with Crippen LogP contribution in [-0.2, 0) is 32.1 Å². The summed E-state index contributed by atoms with van der Waals surface area (Å²) in [6.07, 6.45) is 0. The second kappa shape index (κ2) is 13.3. The molecule has 0 saturated heterocycles. The summed E-state index contributed by atoms with van der Waals surface area (Å²) in [5, 5.41) is 4.75. The van der Waals surface area contributed by atoms with Gasteiger partial charge in [0.15, 0.2) is 0 Å². The third-order valence-corrected chi connectivity index (χ3v) is 14.6. The minimum Gasteiger partial charge on any atom is -0.494 e. The first-order valence-corrected chi connectivity index (χ1v) is 22.1. The van der Waals surface area contributed by atoms with Crippen LogP contribution in [0, 0.1) is 25.5 Å². The minimum absolute atomic E-state index is 0. The standard InChI is InChI=1S/C60H36N4.Pt/c1-3-17-41-33-57-55(31-39(41)15-1)61-37-63(57)60(53-29-11-7-25-49(53)50-26-8-12-30-54(50)60)64-38-62(56-32-40-16-2-4-18-42(40)34-58(56)64)46-22-14-20-44(36-46)59(43-19-13-21-45(61)35-43)51-27-9-5-23-47(51)48-24-6-10-28-52(48)59;/h1-34,37-38H;/q-4;+4. The molecule has 2 aliphatic carbocycles. The Morgan fingerprint density at radius 2 is 0.677 bits per heavy atom. The van der Waals surface area contributed by atoms with Gasteiger partial charge in [0.1, 0.15) is 5.66 Å². The fraction of sp³-hybridized carbons (Fsp3) is 0.0333. The number of benzene rings is 10. The van der Waals surface area contributed by atoms with Crippen molar-refractivity contribution in [1.82, 2.24) is 0 Å². The van der Waals surface area contributed by atoms with E-state index in [1.54, 1.807) is 0 Å². The van der Waals surface area contributed by atoms with Gasteiger partial charge in [-0.1, -0.05) is 146 Å². The van der Waals surface area contributed by atoms with Crippen LogP contribution in [0.3, 0.4) is 0 Å². The summed E-state index contributed by atoms with van der Waals surface area (Å²) < 4.78 is 0. The van der Waals surface area contributed by atoms with E-state index in [9.17, 15) is 0 Å². The normalized spacial score (nSPS) is 15.9. The second-order valence-electron chi connectivity index (χ2n) is 17.6. The zero-order chi connectivity index (χ0) is 41.7. The average Bonchev–Trinajstić information content (AvgIpc) is 4.09. The number of anilines is 6. The van der Waals surface area contributed by atoms with E-state index in [1.165, 1.54) is 66.1 Å². The molecule has 5 heteroatoms. The van der Waals surface area contributed by atoms with Crippen molar-refractivity contribution in [2.24, 2.45) is 0 Å². The molecule has 0 amide bonds. The van der Waals surface area contributed by atoms with E-state index < -0.39 is 11.1 Å². The molecule has 8 bridgehead atoms. The summed E-state index contributed by atoms with van der Waals surface area (Å²) in [6, 6.07) is 84.7. The number of rotatable bonds is 0. The third kappa shape index (κ3) is 4.65. The molecule has 306 valence electrons. The number of hydrogen-bond acceptors (Lipinski definition) is 4. The van der Waals surface area contributed by atoms with Gasteiger partial charge in [0, 0.05) is 39.3 Å². The molecular weight excluding hydrogens is 972 g/mol. The molecule has 5 aliphatic rings. The molecule has 0 unspecified atom stereocenters. The zero-order valence-electron chi connectivity index (χ0n) is 34.9. The molecule has 0 atom stereocenters. The molecule has 2 spiro atoms. The van der Waals surface area contributed by atoms with Crippen LogP contribution in [0.2, 0.25) is 0 Å². The second-order valence-corrected chi connectivity index (χ2v) is 17.6. The van der Waals surface area contributed by atoms with E-state index >= 15 is 0 Å². The first kappa shape index (κ1) is 37.0. The van der Waals surface area contributed by atoms with Crippen LogP contribution in [0.5, 0.6) is 0 Å². The molecule has 10 aromatic carbocycles. The smallest absolute Gasteiger partial charge is 0.494 e. The molecule has 65 heavy (non-hydrogen) atoms. The van der Waals surface area contributed by atoms with Crippen molar-refractivity contribution in [3.63, 3.8) is 0 Å². The predicted molar refractivity (Wildman–Crippen MR) is 260 cm³/mol. The van der Waals surface area contributed by atoms with Gasteiger partial charge >= 0.3 is 21.1 Å². The quantitative estimate of drug-likeness (QED) is 0.140. The van der Waals surface area contributed by atoms with Gasteiger partial charge in [0.2, 0.25) is 0 Å². The Labute approximate surface area is 392 Å². The summed E-state index contributed by atoms with van der Waals surface area (Å²) >= 11 is 0. The van der Waals surface area contributed by atoms with Crippen LogP contribution in [0.15, 0.2) is 206 Å². The molecule has 0 fully saturated rings. The van der Waals surface area contributed by atoms with E-state index in [0.29, 0.717) is 0 Å². The molecule has 15 rings (SSSR count). The molecule has 0 N–H and O–H groups in total. The van der Waals surface area contributed by atoms with E-state index in [0.717, 1.165) is 45.3 Å². The summed E-state index contributed by atoms with van der Waals surface area (Å²) in [5.41, 5.74) is 16.8. The van der Waals surface area contributed by atoms with Crippen LogP contribution in [0.25, 0.3) is 43.8 Å². The molecule has 0 radical (unpaired) electrons. The Morgan fingerprint density at radius 3 is 1.09 bits per heavy atom. The van der Waals surface area contributed by atoms with Crippen LogP contribution in [-0.4, -0.2) is 0 Å². The monoisotopic (exact) mass is 1010 g/mol. The zero-order valence-corrected chi connectivity index (χ0v) is 37.2. The topological polar surface area (TPSA) is 13.0 Å². The van der Waals surface area contributed by atoms with Gasteiger partial charge in [0.05, 0.1) is 0 Å². The van der Waals surface area contributed by atoms with Crippen molar-refractivity contribution in [2.75, 3.05) is 19.6 Å². The maximum Gasteiger partial charge on any atom is 4.00 e. The average molecular weight is 1010 g/mol. The van der Waals surface area contributed by atoms with Crippen molar-refractivity contribution in [2.45, 2.75) is 11.1 Å². The SMILES string of the molecule is [Pt+4].[c-]1c2cccc1C1(c3[c-]c(ccc3)N3[CH-]N(c4cc5ccccc5cc43)C3(c4ccccc4-c4ccccc43)N3[CH-]N2c2cc4ccccc4cc23)c2ccccc2-c2ccccc21. The summed E-state index contributed by atoms with van der Waals surface area (Å²) in [7, 11) is 0. The minimum atomic E-state index is -0.866. The van der Waals surface area contributed by atoms with Gasteiger partial charge in [-0.2, -0.15) is 48.5 Å². The largest absolute Gasteiger partial charge is 4.00 e. The Hall–Kier alpha value is -7.39. The van der Waals surface area contributed by atoms with Crippen molar-refractivity contribution in [3.05, 3.63) is 265 Å². The summed E-state index contributed by atoms with van der Waals surface area (Å²) in [6.45, 7) is 4.71. The van der Waals surface area contributed by atoms with Crippen molar-refractivity contribution >= 4 is 55.7 Å². The molecule has 3 heterocycles. The molecule has 0 aromatic heterocycles. The van der Waals surface area contributed by atoms with Crippen molar-refractivity contribution in [3.8, 4) is 22.3 Å². The molecule has 10 aromatic rings. The van der Waals surface area contributed by atoms with Gasteiger partial charge in [-0.05, 0) is 79.2 Å². The van der Waals surface area contributed by atoms with Crippen LogP contribution < -0.4 is 19.6 Å². The number of fused-ring (bicyclic) bond motifs is 32. The third-order valence-electron chi connectivity index (χ3n) is 14.6. The van der Waals surface area contributed by atoms with E-state index in [4.69, 9.17) is 0 Å². The summed E-state index contributed by atoms with van der Waals surface area (Å²) in [5.74, 6) is 0. The Bertz CT molecular complexity index is 3410. The maximum absolute atomic E-state index is 4.15. The first-order chi connectivity index (χ1) is 31.7. The van der Waals surface area contributed by atoms with Gasteiger partial charge in [-0.25, -0.2) is 0 Å². The maximum atomic E-state index is 4.15.